The maximum absolute atomic E-state index is 11.5. The standard InChI is InChI=1S/C13H12N3O/c14-10-6-8-12(9-7-10)16(13(15)17)11-4-2-1-3-5-11/h2-9H,14H2,(H2,15,17). The molecule has 2 aromatic rings. The van der Waals surface area contributed by atoms with E-state index in [1.165, 1.54) is 4.90 Å². The fourth-order valence-electron chi connectivity index (χ4n) is 1.55. The van der Waals surface area contributed by atoms with Gasteiger partial charge < -0.3 is 11.5 Å². The van der Waals surface area contributed by atoms with E-state index >= 15 is 0 Å². The topological polar surface area (TPSA) is 72.4 Å². The zero-order valence-electron chi connectivity index (χ0n) is 9.13. The van der Waals surface area contributed by atoms with Crippen molar-refractivity contribution in [2.75, 3.05) is 10.6 Å². The van der Waals surface area contributed by atoms with Crippen LogP contribution in [0.15, 0.2) is 48.5 Å². The van der Waals surface area contributed by atoms with Crippen molar-refractivity contribution < 1.29 is 4.79 Å². The average Bonchev–Trinajstić information content (AvgIpc) is 2.33. The number of nitrogens with zero attached hydrogens (tertiary/aromatic N) is 1. The van der Waals surface area contributed by atoms with Crippen LogP contribution in [0.25, 0.3) is 0 Å². The molecule has 0 spiro atoms. The first-order valence-electron chi connectivity index (χ1n) is 5.10. The van der Waals surface area contributed by atoms with Crippen LogP contribution in [0.5, 0.6) is 0 Å². The number of hydrogen-bond donors (Lipinski definition) is 2. The van der Waals surface area contributed by atoms with Crippen molar-refractivity contribution in [3.63, 3.8) is 0 Å². The van der Waals surface area contributed by atoms with Gasteiger partial charge in [-0.3, -0.25) is 4.90 Å². The summed E-state index contributed by atoms with van der Waals surface area (Å²) >= 11 is 0. The summed E-state index contributed by atoms with van der Waals surface area (Å²) in [5.41, 5.74) is 13.0. The number of hydrogen-bond acceptors (Lipinski definition) is 2. The molecule has 2 aromatic carbocycles. The molecular formula is C13H12N3O. The van der Waals surface area contributed by atoms with E-state index in [2.05, 4.69) is 6.07 Å². The van der Waals surface area contributed by atoms with E-state index in [4.69, 9.17) is 11.5 Å². The van der Waals surface area contributed by atoms with Gasteiger partial charge in [-0.25, -0.2) is 4.79 Å². The van der Waals surface area contributed by atoms with Gasteiger partial charge in [-0.05, 0) is 42.5 Å². The number of rotatable bonds is 2. The van der Waals surface area contributed by atoms with Crippen LogP contribution in [0.2, 0.25) is 0 Å². The maximum atomic E-state index is 11.5. The first kappa shape index (κ1) is 11.0. The van der Waals surface area contributed by atoms with Crippen molar-refractivity contribution in [2.45, 2.75) is 0 Å². The average molecular weight is 226 g/mol. The summed E-state index contributed by atoms with van der Waals surface area (Å²) in [7, 11) is 0. The summed E-state index contributed by atoms with van der Waals surface area (Å²) in [6.45, 7) is 0. The molecule has 0 saturated carbocycles. The highest BCUT2D eigenvalue weighted by Gasteiger charge is 2.13. The molecule has 0 atom stereocenters. The molecular weight excluding hydrogens is 214 g/mol. The second-order valence-electron chi connectivity index (χ2n) is 3.52. The molecule has 0 bridgehead atoms. The summed E-state index contributed by atoms with van der Waals surface area (Å²) in [5, 5.41) is 0. The van der Waals surface area contributed by atoms with Crippen LogP contribution >= 0.6 is 0 Å². The molecule has 85 valence electrons. The number of nitrogens with two attached hydrogens (primary N) is 2. The summed E-state index contributed by atoms with van der Waals surface area (Å²) < 4.78 is 0. The van der Waals surface area contributed by atoms with Crippen LogP contribution in [-0.2, 0) is 0 Å². The number of primary amides is 1. The van der Waals surface area contributed by atoms with Crippen LogP contribution in [0.4, 0.5) is 21.9 Å². The lowest BCUT2D eigenvalue weighted by Gasteiger charge is -2.20. The van der Waals surface area contributed by atoms with Crippen molar-refractivity contribution in [3.05, 3.63) is 54.6 Å². The molecule has 0 unspecified atom stereocenters. The Labute approximate surface area is 99.5 Å². The Morgan fingerprint density at radius 1 is 1.00 bits per heavy atom. The minimum absolute atomic E-state index is 0.541. The van der Waals surface area contributed by atoms with Crippen molar-refractivity contribution in [3.8, 4) is 0 Å². The van der Waals surface area contributed by atoms with Crippen molar-refractivity contribution in [1.29, 1.82) is 0 Å². The molecule has 0 aromatic heterocycles. The smallest absolute Gasteiger partial charge is 0.323 e. The van der Waals surface area contributed by atoms with Gasteiger partial charge in [0.05, 0.1) is 11.4 Å². The number of carbonyl (C=O) groups excluding carboxylic acids is 1. The molecule has 0 aliphatic carbocycles. The molecule has 17 heavy (non-hydrogen) atoms. The third kappa shape index (κ3) is 2.36. The third-order valence-corrected chi connectivity index (χ3v) is 2.33. The molecule has 2 amide bonds. The second kappa shape index (κ2) is 4.57. The highest BCUT2D eigenvalue weighted by atomic mass is 16.2. The third-order valence-electron chi connectivity index (χ3n) is 2.33. The predicted octanol–water partition coefficient (Wildman–Crippen LogP) is 2.29. The van der Waals surface area contributed by atoms with Crippen LogP contribution in [0.3, 0.4) is 0 Å². The Kier molecular flexibility index (Phi) is 2.96. The molecule has 1 radical (unpaired) electrons. The number of benzene rings is 2. The number of carbonyl (C=O) groups is 1. The Morgan fingerprint density at radius 3 is 2.06 bits per heavy atom. The minimum Gasteiger partial charge on any atom is -0.399 e. The maximum Gasteiger partial charge on any atom is 0.323 e. The Bertz CT molecular complexity index is 508. The molecule has 2 rings (SSSR count). The minimum atomic E-state index is -0.541. The summed E-state index contributed by atoms with van der Waals surface area (Å²) in [6.07, 6.45) is 0. The van der Waals surface area contributed by atoms with E-state index < -0.39 is 6.03 Å². The van der Waals surface area contributed by atoms with E-state index in [9.17, 15) is 4.79 Å². The van der Waals surface area contributed by atoms with Crippen molar-refractivity contribution in [2.24, 2.45) is 5.73 Å². The van der Waals surface area contributed by atoms with E-state index in [0.717, 1.165) is 0 Å². The highest BCUT2D eigenvalue weighted by Crippen LogP contribution is 2.25. The lowest BCUT2D eigenvalue weighted by molar-refractivity contribution is 0.256. The fraction of sp³-hybridized carbons (Fsp3) is 0. The van der Waals surface area contributed by atoms with Crippen molar-refractivity contribution >= 4 is 23.1 Å². The second-order valence-corrected chi connectivity index (χ2v) is 3.52. The van der Waals surface area contributed by atoms with Gasteiger partial charge in [-0.15, -0.1) is 0 Å². The fourth-order valence-corrected chi connectivity index (χ4v) is 1.55. The van der Waals surface area contributed by atoms with Gasteiger partial charge >= 0.3 is 6.03 Å². The molecule has 0 aliphatic heterocycles. The molecule has 0 fully saturated rings. The predicted molar refractivity (Wildman–Crippen MR) is 67.9 cm³/mol. The van der Waals surface area contributed by atoms with Gasteiger partial charge in [0.1, 0.15) is 0 Å². The van der Waals surface area contributed by atoms with E-state index in [0.29, 0.717) is 17.1 Å². The Morgan fingerprint density at radius 2 is 1.53 bits per heavy atom. The van der Waals surface area contributed by atoms with Gasteiger partial charge in [0.15, 0.2) is 0 Å². The van der Waals surface area contributed by atoms with Crippen molar-refractivity contribution in [1.82, 2.24) is 0 Å². The summed E-state index contributed by atoms with van der Waals surface area (Å²) in [4.78, 5) is 12.9. The quantitative estimate of drug-likeness (QED) is 0.771. The normalized spacial score (nSPS) is 9.88. The molecule has 0 saturated heterocycles. The number of urea groups is 1. The monoisotopic (exact) mass is 226 g/mol. The lowest BCUT2D eigenvalue weighted by Crippen LogP contribution is -2.31. The van der Waals surface area contributed by atoms with E-state index in [-0.39, 0.29) is 0 Å². The van der Waals surface area contributed by atoms with Crippen LogP contribution in [0, 0.1) is 6.07 Å². The Hall–Kier alpha value is -2.49. The van der Waals surface area contributed by atoms with Gasteiger partial charge in [0.2, 0.25) is 0 Å². The van der Waals surface area contributed by atoms with E-state index in [1.54, 1.807) is 48.5 Å². The van der Waals surface area contributed by atoms with Gasteiger partial charge in [-0.1, -0.05) is 12.1 Å². The SMILES string of the molecule is NC(=O)N(c1cc[c]cc1)c1ccc(N)cc1. The van der Waals surface area contributed by atoms with Gasteiger partial charge in [0, 0.05) is 5.69 Å². The molecule has 0 heterocycles. The number of nitrogen functional groups attached to an aromatic ring is 1. The zero-order chi connectivity index (χ0) is 12.3. The van der Waals surface area contributed by atoms with Crippen LogP contribution < -0.4 is 16.4 Å². The summed E-state index contributed by atoms with van der Waals surface area (Å²) in [5.74, 6) is 0. The van der Waals surface area contributed by atoms with E-state index in [1.807, 2.05) is 0 Å². The first-order valence-corrected chi connectivity index (χ1v) is 5.10. The highest BCUT2D eigenvalue weighted by molar-refractivity contribution is 5.98. The van der Waals surface area contributed by atoms with Crippen LogP contribution in [0.1, 0.15) is 0 Å². The number of anilines is 3. The largest absolute Gasteiger partial charge is 0.399 e. The first-order chi connectivity index (χ1) is 8.18. The van der Waals surface area contributed by atoms with Gasteiger partial charge in [-0.2, -0.15) is 0 Å². The van der Waals surface area contributed by atoms with Gasteiger partial charge in [0.25, 0.3) is 0 Å². The zero-order valence-corrected chi connectivity index (χ0v) is 9.13. The summed E-state index contributed by atoms with van der Waals surface area (Å²) in [6, 6.07) is 16.3. The molecule has 4 nitrogen and oxygen atoms in total. The molecule has 4 heteroatoms. The number of amides is 2. The van der Waals surface area contributed by atoms with Crippen LogP contribution in [-0.4, -0.2) is 6.03 Å². The molecule has 4 N–H and O–H groups in total. The Balaban J connectivity index is 2.43. The lowest BCUT2D eigenvalue weighted by atomic mass is 10.2. The molecule has 0 aliphatic rings.